The minimum atomic E-state index is -4.76. The van der Waals surface area contributed by atoms with Crippen molar-refractivity contribution in [2.24, 2.45) is 5.92 Å². The first-order valence-electron chi connectivity index (χ1n) is 8.89. The number of halogens is 3. The lowest BCUT2D eigenvalue weighted by molar-refractivity contribution is -0.274. The molecule has 11 heteroatoms. The number of ether oxygens (including phenoxy) is 1. The zero-order valence-electron chi connectivity index (χ0n) is 15.5. The molecule has 1 aromatic rings. The van der Waals surface area contributed by atoms with Crippen LogP contribution in [0.15, 0.2) is 24.3 Å². The van der Waals surface area contributed by atoms with Crippen molar-refractivity contribution in [2.75, 3.05) is 5.43 Å². The fourth-order valence-electron chi connectivity index (χ4n) is 2.82. The van der Waals surface area contributed by atoms with Crippen LogP contribution in [0, 0.1) is 5.92 Å². The number of hydrazine groups is 1. The molecule has 2 rings (SSSR count). The van der Waals surface area contributed by atoms with Gasteiger partial charge in [-0.25, -0.2) is 13.1 Å². The molecule has 7 nitrogen and oxygen atoms in total. The fourth-order valence-corrected chi connectivity index (χ4v) is 3.79. The summed E-state index contributed by atoms with van der Waals surface area (Å²) in [7, 11) is -3.34. The summed E-state index contributed by atoms with van der Waals surface area (Å²) in [6.07, 6.45) is -2.55. The van der Waals surface area contributed by atoms with E-state index in [1.165, 1.54) is 12.1 Å². The van der Waals surface area contributed by atoms with Gasteiger partial charge in [-0.15, -0.1) is 13.2 Å². The Kier molecular flexibility index (Phi) is 7.16. The SMILES string of the molecule is CC(C)S(=O)(=O)NC1CCC(C(=O)NNc2ccc(OC(F)(F)F)cc2)CC1. The normalized spacial score (nSPS) is 20.6. The zero-order valence-corrected chi connectivity index (χ0v) is 16.4. The number of amides is 1. The monoisotopic (exact) mass is 423 g/mol. The lowest BCUT2D eigenvalue weighted by atomic mass is 9.86. The van der Waals surface area contributed by atoms with Crippen LogP contribution in [0.2, 0.25) is 0 Å². The van der Waals surface area contributed by atoms with E-state index in [1.54, 1.807) is 13.8 Å². The highest BCUT2D eigenvalue weighted by molar-refractivity contribution is 7.90. The molecule has 0 atom stereocenters. The van der Waals surface area contributed by atoms with Crippen molar-refractivity contribution >= 4 is 21.6 Å². The smallest absolute Gasteiger partial charge is 0.406 e. The number of hydrogen-bond acceptors (Lipinski definition) is 5. The first-order valence-corrected chi connectivity index (χ1v) is 10.4. The minimum Gasteiger partial charge on any atom is -0.406 e. The Hall–Kier alpha value is -2.01. The molecule has 3 N–H and O–H groups in total. The van der Waals surface area contributed by atoms with Gasteiger partial charge in [-0.3, -0.25) is 15.6 Å². The summed E-state index contributed by atoms with van der Waals surface area (Å²) < 4.78 is 66.6. The van der Waals surface area contributed by atoms with Gasteiger partial charge in [0, 0.05) is 12.0 Å². The molecule has 0 bridgehead atoms. The van der Waals surface area contributed by atoms with E-state index in [4.69, 9.17) is 0 Å². The molecule has 28 heavy (non-hydrogen) atoms. The van der Waals surface area contributed by atoms with Crippen LogP contribution in [0.3, 0.4) is 0 Å². The van der Waals surface area contributed by atoms with Crippen LogP contribution >= 0.6 is 0 Å². The van der Waals surface area contributed by atoms with Gasteiger partial charge in [-0.2, -0.15) is 0 Å². The highest BCUT2D eigenvalue weighted by Crippen LogP contribution is 2.26. The fraction of sp³-hybridized carbons (Fsp3) is 0.588. The van der Waals surface area contributed by atoms with E-state index < -0.39 is 21.6 Å². The van der Waals surface area contributed by atoms with E-state index in [2.05, 4.69) is 20.3 Å². The van der Waals surface area contributed by atoms with Gasteiger partial charge >= 0.3 is 6.36 Å². The Bertz CT molecular complexity index is 759. The standard InChI is InChI=1S/C17H24F3N3O4S/c1-11(2)28(25,26)23-14-5-3-12(4-6-14)16(24)22-21-13-7-9-15(10-8-13)27-17(18,19)20/h7-12,14,21,23H,3-6H2,1-2H3,(H,22,24). The Morgan fingerprint density at radius 1 is 1.11 bits per heavy atom. The summed E-state index contributed by atoms with van der Waals surface area (Å²) >= 11 is 0. The van der Waals surface area contributed by atoms with Crippen molar-refractivity contribution in [3.8, 4) is 5.75 Å². The third-order valence-electron chi connectivity index (χ3n) is 4.47. The molecule has 1 aliphatic rings. The molecule has 0 unspecified atom stereocenters. The summed E-state index contributed by atoms with van der Waals surface area (Å²) in [5.41, 5.74) is 5.58. The molecular weight excluding hydrogens is 399 g/mol. The number of rotatable bonds is 7. The topological polar surface area (TPSA) is 96.5 Å². The molecule has 0 heterocycles. The zero-order chi connectivity index (χ0) is 20.9. The molecule has 1 fully saturated rings. The Balaban J connectivity index is 1.77. The second-order valence-electron chi connectivity index (χ2n) is 6.95. The van der Waals surface area contributed by atoms with Gasteiger partial charge in [0.1, 0.15) is 5.75 Å². The van der Waals surface area contributed by atoms with E-state index in [0.717, 1.165) is 12.1 Å². The summed E-state index contributed by atoms with van der Waals surface area (Å²) in [5, 5.41) is -0.509. The molecule has 158 valence electrons. The predicted octanol–water partition coefficient (Wildman–Crippen LogP) is 2.91. The van der Waals surface area contributed by atoms with Crippen LogP contribution in [-0.4, -0.2) is 32.0 Å². The van der Waals surface area contributed by atoms with Crippen molar-refractivity contribution < 1.29 is 31.1 Å². The van der Waals surface area contributed by atoms with Crippen LogP contribution < -0.4 is 20.3 Å². The highest BCUT2D eigenvalue weighted by atomic mass is 32.2. The maximum Gasteiger partial charge on any atom is 0.573 e. The Labute approximate surface area is 162 Å². The van der Waals surface area contributed by atoms with Gasteiger partial charge in [0.25, 0.3) is 0 Å². The minimum absolute atomic E-state index is 0.175. The number of anilines is 1. The largest absolute Gasteiger partial charge is 0.573 e. The van der Waals surface area contributed by atoms with E-state index in [0.29, 0.717) is 31.4 Å². The van der Waals surface area contributed by atoms with Crippen LogP contribution in [0.5, 0.6) is 5.75 Å². The number of hydrogen-bond donors (Lipinski definition) is 3. The molecule has 0 aromatic heterocycles. The number of benzene rings is 1. The van der Waals surface area contributed by atoms with Crippen LogP contribution in [0.1, 0.15) is 39.5 Å². The summed E-state index contributed by atoms with van der Waals surface area (Å²) in [6.45, 7) is 3.21. The lowest BCUT2D eigenvalue weighted by Crippen LogP contribution is -2.43. The lowest BCUT2D eigenvalue weighted by Gasteiger charge is -2.28. The first kappa shape index (κ1) is 22.3. The van der Waals surface area contributed by atoms with Crippen molar-refractivity contribution in [1.82, 2.24) is 10.1 Å². The van der Waals surface area contributed by atoms with Crippen molar-refractivity contribution in [2.45, 2.75) is 57.2 Å². The van der Waals surface area contributed by atoms with Gasteiger partial charge in [-0.05, 0) is 63.8 Å². The number of carbonyl (C=O) groups is 1. The van der Waals surface area contributed by atoms with Gasteiger partial charge in [0.15, 0.2) is 0 Å². The maximum absolute atomic E-state index is 12.2. The van der Waals surface area contributed by atoms with Crippen LogP contribution in [0.25, 0.3) is 0 Å². The Morgan fingerprint density at radius 3 is 2.18 bits per heavy atom. The van der Waals surface area contributed by atoms with E-state index in [-0.39, 0.29) is 23.6 Å². The quantitative estimate of drug-likeness (QED) is 0.586. The van der Waals surface area contributed by atoms with Crippen LogP contribution in [-0.2, 0) is 14.8 Å². The van der Waals surface area contributed by atoms with Crippen molar-refractivity contribution in [1.29, 1.82) is 0 Å². The summed E-state index contributed by atoms with van der Waals surface area (Å²) in [6, 6.07) is 4.78. The second-order valence-corrected chi connectivity index (χ2v) is 9.22. The third-order valence-corrected chi connectivity index (χ3v) is 6.37. The molecule has 1 amide bonds. The first-order chi connectivity index (χ1) is 13.0. The average molecular weight is 423 g/mol. The highest BCUT2D eigenvalue weighted by Gasteiger charge is 2.31. The average Bonchev–Trinajstić information content (AvgIpc) is 2.60. The molecule has 0 radical (unpaired) electrons. The maximum atomic E-state index is 12.2. The van der Waals surface area contributed by atoms with Gasteiger partial charge in [0.05, 0.1) is 10.9 Å². The van der Waals surface area contributed by atoms with E-state index in [9.17, 15) is 26.4 Å². The van der Waals surface area contributed by atoms with E-state index in [1.807, 2.05) is 0 Å². The third kappa shape index (κ3) is 6.86. The molecule has 0 saturated heterocycles. The molecule has 1 aromatic carbocycles. The van der Waals surface area contributed by atoms with Gasteiger partial charge < -0.3 is 4.74 Å². The van der Waals surface area contributed by atoms with Crippen molar-refractivity contribution in [3.05, 3.63) is 24.3 Å². The van der Waals surface area contributed by atoms with Crippen LogP contribution in [0.4, 0.5) is 18.9 Å². The summed E-state index contributed by atoms with van der Waals surface area (Å²) in [5.74, 6) is -0.868. The summed E-state index contributed by atoms with van der Waals surface area (Å²) in [4.78, 5) is 12.2. The number of carbonyl (C=O) groups excluding carboxylic acids is 1. The predicted molar refractivity (Wildman–Crippen MR) is 97.8 cm³/mol. The number of nitrogens with one attached hydrogen (secondary N) is 3. The molecule has 1 aliphatic carbocycles. The van der Waals surface area contributed by atoms with Gasteiger partial charge in [-0.1, -0.05) is 0 Å². The number of alkyl halides is 3. The van der Waals surface area contributed by atoms with E-state index >= 15 is 0 Å². The molecule has 0 aliphatic heterocycles. The second kappa shape index (κ2) is 8.99. The number of sulfonamides is 1. The molecule has 0 spiro atoms. The van der Waals surface area contributed by atoms with Crippen molar-refractivity contribution in [3.63, 3.8) is 0 Å². The van der Waals surface area contributed by atoms with Gasteiger partial charge in [0.2, 0.25) is 15.9 Å². The Morgan fingerprint density at radius 2 is 1.68 bits per heavy atom. The molecular formula is C17H24F3N3O4S. The molecule has 1 saturated carbocycles.